The third-order valence-electron chi connectivity index (χ3n) is 0. The van der Waals surface area contributed by atoms with Gasteiger partial charge in [0.15, 0.2) is 0 Å². The molecule has 64 valence electrons. The van der Waals surface area contributed by atoms with Crippen LogP contribution in [-0.2, 0) is 21.2 Å². The molecule has 0 unspecified atom stereocenters. The second kappa shape index (κ2) is 10.8. The van der Waals surface area contributed by atoms with Gasteiger partial charge >= 0.3 is 29.5 Å². The van der Waals surface area contributed by atoms with Gasteiger partial charge in [0, 0.05) is 0 Å². The Balaban J connectivity index is -0.0000000133. The van der Waals surface area contributed by atoms with Crippen LogP contribution in [0, 0.1) is 0 Å². The standard InChI is InChI=1S/Cr.4H2O.4O/h;4*1H2;;;;/q;;;;;;;2*-1. The quantitative estimate of drug-likeness (QED) is 0.363. The second-order valence-electron chi connectivity index (χ2n) is 0.408. The predicted molar refractivity (Wildman–Crippen MR) is 15.8 cm³/mol. The van der Waals surface area contributed by atoms with Gasteiger partial charge in [-0.25, -0.2) is 0 Å². The van der Waals surface area contributed by atoms with Gasteiger partial charge in [-0.05, 0) is 0 Å². The zero-order chi connectivity index (χ0) is 4.50. The van der Waals surface area contributed by atoms with E-state index in [0.29, 0.717) is 0 Å². The van der Waals surface area contributed by atoms with Gasteiger partial charge in [0.05, 0.1) is 0 Å². The minimum atomic E-state index is -5.75. The fourth-order valence-corrected chi connectivity index (χ4v) is 0. The maximum atomic E-state index is 8.59. The third-order valence-corrected chi connectivity index (χ3v) is 0. The summed E-state index contributed by atoms with van der Waals surface area (Å²) in [5.74, 6) is 0. The van der Waals surface area contributed by atoms with E-state index < -0.39 is 13.6 Å². The molecule has 9 heavy (non-hydrogen) atoms. The van der Waals surface area contributed by atoms with Crippen molar-refractivity contribution in [3.05, 3.63) is 0 Å². The summed E-state index contributed by atoms with van der Waals surface area (Å²) < 4.78 is 34.4. The van der Waals surface area contributed by atoms with Crippen LogP contribution in [0.15, 0.2) is 0 Å². The Hall–Kier alpha value is -0.108. The van der Waals surface area contributed by atoms with E-state index in [1.165, 1.54) is 0 Å². The molecule has 0 aromatic rings. The summed E-state index contributed by atoms with van der Waals surface area (Å²) in [5, 5.41) is 0. The number of hydrogen-bond donors (Lipinski definition) is 0. The molecule has 0 fully saturated rings. The molecular weight excluding hydrogens is 180 g/mol. The molecule has 0 saturated heterocycles. The van der Waals surface area contributed by atoms with Crippen LogP contribution in [0.2, 0.25) is 0 Å². The van der Waals surface area contributed by atoms with E-state index in [2.05, 4.69) is 0 Å². The Kier molecular flexibility index (Phi) is 43.9. The average molecular weight is 188 g/mol. The summed E-state index contributed by atoms with van der Waals surface area (Å²) in [6.45, 7) is 0. The van der Waals surface area contributed by atoms with Gasteiger partial charge in [0.1, 0.15) is 0 Å². The van der Waals surface area contributed by atoms with Crippen molar-refractivity contribution in [1.82, 2.24) is 0 Å². The molecule has 0 radical (unpaired) electrons. The molecule has 0 aromatic carbocycles. The third kappa shape index (κ3) is 23700. The Bertz CT molecular complexity index is 87.7. The monoisotopic (exact) mass is 188 g/mol. The molecular formula is H8CrO8-2. The minimum absolute atomic E-state index is 0. The SMILES string of the molecule is O.O.O.O.[O]=[Cr](=[O])([O-])[O-]. The molecule has 8 N–H and O–H groups in total. The van der Waals surface area contributed by atoms with Crippen LogP contribution in [0.5, 0.6) is 0 Å². The summed E-state index contributed by atoms with van der Waals surface area (Å²) in [6.07, 6.45) is 0. The van der Waals surface area contributed by atoms with Crippen molar-refractivity contribution >= 4 is 0 Å². The van der Waals surface area contributed by atoms with Gasteiger partial charge in [-0.1, -0.05) is 0 Å². The zero-order valence-corrected chi connectivity index (χ0v) is 5.32. The van der Waals surface area contributed by atoms with Crippen molar-refractivity contribution in [3.8, 4) is 0 Å². The molecule has 8 nitrogen and oxygen atoms in total. The summed E-state index contributed by atoms with van der Waals surface area (Å²) in [6, 6.07) is 0. The maximum absolute atomic E-state index is 8.59. The Morgan fingerprint density at radius 1 is 0.778 bits per heavy atom. The fourth-order valence-electron chi connectivity index (χ4n) is 0. The average Bonchev–Trinajstić information content (AvgIpc) is 0.722. The Morgan fingerprint density at radius 2 is 0.778 bits per heavy atom. The van der Waals surface area contributed by atoms with E-state index in [1.54, 1.807) is 0 Å². The van der Waals surface area contributed by atoms with Gasteiger partial charge in [0.25, 0.3) is 0 Å². The first-order valence-corrected chi connectivity index (χ1v) is 2.75. The summed E-state index contributed by atoms with van der Waals surface area (Å²) in [5.41, 5.74) is 0. The normalized spacial score (nSPS) is 6.44. The molecule has 0 saturated carbocycles. The van der Waals surface area contributed by atoms with Crippen LogP contribution in [0.3, 0.4) is 0 Å². The van der Waals surface area contributed by atoms with Crippen molar-refractivity contribution in [2.24, 2.45) is 0 Å². The van der Waals surface area contributed by atoms with E-state index in [0.717, 1.165) is 0 Å². The van der Waals surface area contributed by atoms with Crippen molar-refractivity contribution < 1.29 is 51.4 Å². The van der Waals surface area contributed by atoms with Crippen molar-refractivity contribution in [1.29, 1.82) is 0 Å². The topological polar surface area (TPSA) is 206 Å². The van der Waals surface area contributed by atoms with Gasteiger partial charge in [0.2, 0.25) is 0 Å². The molecule has 0 spiro atoms. The predicted octanol–water partition coefficient (Wildman–Crippen LogP) is -5.92. The Labute approximate surface area is 52.4 Å². The van der Waals surface area contributed by atoms with Crippen LogP contribution in [0.4, 0.5) is 0 Å². The second-order valence-corrected chi connectivity index (χ2v) is 1.68. The molecule has 0 atom stereocenters. The molecule has 0 aliphatic heterocycles. The van der Waals surface area contributed by atoms with E-state index in [9.17, 15) is 0 Å². The molecule has 0 aliphatic rings. The summed E-state index contributed by atoms with van der Waals surface area (Å²) in [4.78, 5) is 0. The molecule has 0 aromatic heterocycles. The number of rotatable bonds is 0. The molecule has 0 heterocycles. The zero-order valence-electron chi connectivity index (χ0n) is 4.04. The first-order chi connectivity index (χ1) is 2.00. The van der Waals surface area contributed by atoms with Crippen LogP contribution >= 0.6 is 0 Å². The van der Waals surface area contributed by atoms with E-state index in [1.807, 2.05) is 0 Å². The van der Waals surface area contributed by atoms with Gasteiger partial charge in [-0.3, -0.25) is 0 Å². The van der Waals surface area contributed by atoms with E-state index in [4.69, 9.17) is 15.9 Å². The van der Waals surface area contributed by atoms with Crippen molar-refractivity contribution in [2.75, 3.05) is 0 Å². The van der Waals surface area contributed by atoms with E-state index in [-0.39, 0.29) is 21.9 Å². The van der Waals surface area contributed by atoms with Crippen LogP contribution in [0.1, 0.15) is 0 Å². The van der Waals surface area contributed by atoms with E-state index >= 15 is 0 Å². The molecule has 0 bridgehead atoms. The molecule has 0 aliphatic carbocycles. The van der Waals surface area contributed by atoms with Crippen molar-refractivity contribution in [2.45, 2.75) is 0 Å². The first-order valence-electron chi connectivity index (χ1n) is 0.667. The summed E-state index contributed by atoms with van der Waals surface area (Å²) in [7, 11) is 0. The summed E-state index contributed by atoms with van der Waals surface area (Å²) >= 11 is -5.75. The molecule has 9 heteroatoms. The van der Waals surface area contributed by atoms with Crippen molar-refractivity contribution in [3.63, 3.8) is 0 Å². The van der Waals surface area contributed by atoms with Gasteiger partial charge in [-0.15, -0.1) is 0 Å². The molecule has 0 rings (SSSR count). The van der Waals surface area contributed by atoms with Gasteiger partial charge in [-0.2, -0.15) is 0 Å². The van der Waals surface area contributed by atoms with Gasteiger partial charge < -0.3 is 21.9 Å². The van der Waals surface area contributed by atoms with Crippen LogP contribution in [-0.4, -0.2) is 21.9 Å². The number of hydrogen-bond acceptors (Lipinski definition) is 4. The molecule has 0 amide bonds. The fraction of sp³-hybridized carbons (Fsp3) is 0. The van der Waals surface area contributed by atoms with Crippen LogP contribution in [0.25, 0.3) is 0 Å². The first kappa shape index (κ1) is 36.6. The Morgan fingerprint density at radius 3 is 0.778 bits per heavy atom. The van der Waals surface area contributed by atoms with Crippen LogP contribution < -0.4 is 8.32 Å².